The number of carboxylic acids is 1. The average Bonchev–Trinajstić information content (AvgIpc) is 2.56. The van der Waals surface area contributed by atoms with Crippen molar-refractivity contribution in [3.63, 3.8) is 0 Å². The van der Waals surface area contributed by atoms with Gasteiger partial charge in [-0.1, -0.05) is 70.5 Å². The molecule has 0 aliphatic rings. The van der Waals surface area contributed by atoms with Crippen LogP contribution in [0.4, 0.5) is 5.69 Å². The first-order valence-corrected chi connectivity index (χ1v) is 9.34. The molecule has 0 fully saturated rings. The lowest BCUT2D eigenvalue weighted by molar-refractivity contribution is -0.139. The smallest absolute Gasteiger partial charge is 0.326 e. The maximum Gasteiger partial charge on any atom is 0.326 e. The van der Waals surface area contributed by atoms with Gasteiger partial charge in [-0.15, -0.1) is 0 Å². The number of carbonyl (C=O) groups is 1. The summed E-state index contributed by atoms with van der Waals surface area (Å²) in [5.74, 6) is -0.851. The number of benzene rings is 1. The Kier molecular flexibility index (Phi) is 10.1. The van der Waals surface area contributed by atoms with Crippen molar-refractivity contribution in [2.45, 2.75) is 70.8 Å². The van der Waals surface area contributed by atoms with Crippen LogP contribution in [0.25, 0.3) is 0 Å². The molecule has 0 heterocycles. The van der Waals surface area contributed by atoms with E-state index in [1.54, 1.807) is 24.3 Å². The molecule has 1 aromatic carbocycles. The van der Waals surface area contributed by atoms with Gasteiger partial charge in [0.1, 0.15) is 11.0 Å². The van der Waals surface area contributed by atoms with Gasteiger partial charge < -0.3 is 16.2 Å². The molecule has 0 bridgehead atoms. The summed E-state index contributed by atoms with van der Waals surface area (Å²) in [5.41, 5.74) is 7.11. The molecule has 1 atom stereocenters. The number of unbranched alkanes of at least 4 members (excludes halogenated alkanes) is 7. The van der Waals surface area contributed by atoms with Crippen LogP contribution in [0.2, 0.25) is 0 Å². The molecule has 0 aromatic heterocycles. The highest BCUT2D eigenvalue weighted by Gasteiger charge is 2.18. The number of rotatable bonds is 12. The average molecular weight is 351 g/mol. The van der Waals surface area contributed by atoms with E-state index in [0.717, 1.165) is 18.4 Å². The molecular weight excluding hydrogens is 320 g/mol. The van der Waals surface area contributed by atoms with Crippen molar-refractivity contribution in [2.75, 3.05) is 5.73 Å². The second-order valence-electron chi connectivity index (χ2n) is 6.25. The Morgan fingerprint density at radius 2 is 1.62 bits per heavy atom. The van der Waals surface area contributed by atoms with Crippen LogP contribution in [-0.4, -0.2) is 22.1 Å². The van der Waals surface area contributed by atoms with Crippen LogP contribution in [0.15, 0.2) is 24.3 Å². The standard InChI is InChI=1S/C19H30N2O2S/c1-2-3-4-5-6-7-8-9-10-17(19(22)23)21-18(24)15-11-13-16(20)14-12-15/h11-14,17H,2-10,20H2,1H3,(H,21,24)(H,22,23). The highest BCUT2D eigenvalue weighted by atomic mass is 32.1. The topological polar surface area (TPSA) is 75.3 Å². The van der Waals surface area contributed by atoms with Gasteiger partial charge in [0, 0.05) is 11.3 Å². The first-order chi connectivity index (χ1) is 11.5. The summed E-state index contributed by atoms with van der Waals surface area (Å²) in [6.07, 6.45) is 10.2. The summed E-state index contributed by atoms with van der Waals surface area (Å²) in [5, 5.41) is 12.3. The van der Waals surface area contributed by atoms with E-state index in [-0.39, 0.29) is 0 Å². The molecule has 4 N–H and O–H groups in total. The molecule has 1 aromatic rings. The summed E-state index contributed by atoms with van der Waals surface area (Å²) < 4.78 is 0. The SMILES string of the molecule is CCCCCCCCCCC(NC(=S)c1ccc(N)cc1)C(=O)O. The Hall–Kier alpha value is -1.62. The van der Waals surface area contributed by atoms with Crippen molar-refractivity contribution in [2.24, 2.45) is 0 Å². The van der Waals surface area contributed by atoms with Crippen molar-refractivity contribution in [1.82, 2.24) is 5.32 Å². The van der Waals surface area contributed by atoms with Gasteiger partial charge >= 0.3 is 5.97 Å². The number of hydrogen-bond acceptors (Lipinski definition) is 3. The molecule has 0 spiro atoms. The van der Waals surface area contributed by atoms with Crippen molar-refractivity contribution in [3.8, 4) is 0 Å². The molecule has 0 aliphatic heterocycles. The number of hydrogen-bond donors (Lipinski definition) is 3. The zero-order chi connectivity index (χ0) is 17.8. The Balaban J connectivity index is 2.30. The normalized spacial score (nSPS) is 11.9. The number of aliphatic carboxylic acids is 1. The van der Waals surface area contributed by atoms with E-state index in [9.17, 15) is 9.90 Å². The fraction of sp³-hybridized carbons (Fsp3) is 0.579. The molecular formula is C19H30N2O2S. The maximum absolute atomic E-state index is 11.4. The van der Waals surface area contributed by atoms with E-state index in [2.05, 4.69) is 12.2 Å². The van der Waals surface area contributed by atoms with Crippen LogP contribution in [0, 0.1) is 0 Å². The number of nitrogens with one attached hydrogen (secondary N) is 1. The van der Waals surface area contributed by atoms with Crippen molar-refractivity contribution in [1.29, 1.82) is 0 Å². The first kappa shape index (κ1) is 20.4. The van der Waals surface area contributed by atoms with Crippen molar-refractivity contribution in [3.05, 3.63) is 29.8 Å². The number of thiocarbonyl (C=S) groups is 1. The van der Waals surface area contributed by atoms with Crippen molar-refractivity contribution >= 4 is 28.9 Å². The van der Waals surface area contributed by atoms with E-state index in [4.69, 9.17) is 18.0 Å². The van der Waals surface area contributed by atoms with E-state index in [0.29, 0.717) is 17.1 Å². The van der Waals surface area contributed by atoms with E-state index >= 15 is 0 Å². The molecule has 0 aliphatic carbocycles. The van der Waals surface area contributed by atoms with Crippen LogP contribution in [0.1, 0.15) is 70.3 Å². The summed E-state index contributed by atoms with van der Waals surface area (Å²) in [6.45, 7) is 2.22. The third-order valence-corrected chi connectivity index (χ3v) is 4.48. The summed E-state index contributed by atoms with van der Waals surface area (Å²) in [6, 6.07) is 6.50. The van der Waals surface area contributed by atoms with Gasteiger partial charge in [-0.2, -0.15) is 0 Å². The Bertz CT molecular complexity index is 503. The van der Waals surface area contributed by atoms with Gasteiger partial charge in [0.15, 0.2) is 0 Å². The minimum Gasteiger partial charge on any atom is -0.480 e. The molecule has 5 heteroatoms. The maximum atomic E-state index is 11.4. The molecule has 1 rings (SSSR count). The first-order valence-electron chi connectivity index (χ1n) is 8.93. The highest BCUT2D eigenvalue weighted by Crippen LogP contribution is 2.12. The van der Waals surface area contributed by atoms with E-state index in [1.807, 2.05) is 0 Å². The largest absolute Gasteiger partial charge is 0.480 e. The molecule has 0 amide bonds. The van der Waals surface area contributed by atoms with Crippen molar-refractivity contribution < 1.29 is 9.90 Å². The van der Waals surface area contributed by atoms with Crippen LogP contribution < -0.4 is 11.1 Å². The fourth-order valence-corrected chi connectivity index (χ4v) is 2.89. The van der Waals surface area contributed by atoms with Gasteiger partial charge in [0.25, 0.3) is 0 Å². The van der Waals surface area contributed by atoms with Gasteiger partial charge in [-0.25, -0.2) is 4.79 Å². The quantitative estimate of drug-likeness (QED) is 0.294. The summed E-state index contributed by atoms with van der Waals surface area (Å²) >= 11 is 5.30. The Morgan fingerprint density at radius 1 is 1.08 bits per heavy atom. The molecule has 24 heavy (non-hydrogen) atoms. The highest BCUT2D eigenvalue weighted by molar-refractivity contribution is 7.80. The van der Waals surface area contributed by atoms with Crippen LogP contribution in [-0.2, 0) is 4.79 Å². The molecule has 0 radical (unpaired) electrons. The van der Waals surface area contributed by atoms with Gasteiger partial charge in [-0.3, -0.25) is 0 Å². The summed E-state index contributed by atoms with van der Waals surface area (Å²) in [7, 11) is 0. The third kappa shape index (κ3) is 8.29. The van der Waals surface area contributed by atoms with Gasteiger partial charge in [0.05, 0.1) is 0 Å². The zero-order valence-corrected chi connectivity index (χ0v) is 15.4. The number of carboxylic acid groups (broad SMARTS) is 1. The second kappa shape index (κ2) is 11.8. The molecule has 4 nitrogen and oxygen atoms in total. The minimum atomic E-state index is -0.851. The van der Waals surface area contributed by atoms with E-state index < -0.39 is 12.0 Å². The van der Waals surface area contributed by atoms with Gasteiger partial charge in [-0.05, 0) is 30.7 Å². The predicted molar refractivity (Wildman–Crippen MR) is 104 cm³/mol. The van der Waals surface area contributed by atoms with Crippen LogP contribution in [0.5, 0.6) is 0 Å². The minimum absolute atomic E-state index is 0.460. The fourth-order valence-electron chi connectivity index (χ4n) is 2.62. The monoisotopic (exact) mass is 350 g/mol. The Labute approximate surface area is 150 Å². The molecule has 134 valence electrons. The lowest BCUT2D eigenvalue weighted by Gasteiger charge is -2.16. The lowest BCUT2D eigenvalue weighted by Crippen LogP contribution is -2.40. The molecule has 0 saturated carbocycles. The predicted octanol–water partition coefficient (Wildman–Crippen LogP) is 4.52. The third-order valence-electron chi connectivity index (χ3n) is 4.12. The summed E-state index contributed by atoms with van der Waals surface area (Å²) in [4.78, 5) is 11.9. The van der Waals surface area contributed by atoms with Crippen LogP contribution in [0.3, 0.4) is 0 Å². The lowest BCUT2D eigenvalue weighted by atomic mass is 10.0. The van der Waals surface area contributed by atoms with Crippen LogP contribution >= 0.6 is 12.2 Å². The van der Waals surface area contributed by atoms with E-state index in [1.165, 1.54) is 38.5 Å². The zero-order valence-electron chi connectivity index (χ0n) is 14.6. The molecule has 0 saturated heterocycles. The van der Waals surface area contributed by atoms with Gasteiger partial charge in [0.2, 0.25) is 0 Å². The number of nitrogen functional groups attached to an aromatic ring is 1. The number of nitrogens with two attached hydrogens (primary N) is 1. The number of anilines is 1. The Morgan fingerprint density at radius 3 is 2.17 bits per heavy atom. The second-order valence-corrected chi connectivity index (χ2v) is 6.66. The molecule has 1 unspecified atom stereocenters.